The van der Waals surface area contributed by atoms with Crippen LogP contribution >= 0.6 is 0 Å². The molecule has 80 valence electrons. The normalized spacial score (nSPS) is 36.1. The van der Waals surface area contributed by atoms with E-state index in [0.717, 1.165) is 19.5 Å². The van der Waals surface area contributed by atoms with E-state index in [1.165, 1.54) is 0 Å². The first-order chi connectivity index (χ1) is 6.47. The molecular weight excluding hydrogens is 180 g/mol. The van der Waals surface area contributed by atoms with Gasteiger partial charge in [-0.25, -0.2) is 5.01 Å². The van der Waals surface area contributed by atoms with Crippen LogP contribution in [0.2, 0.25) is 0 Å². The Hall–Kier alpha value is -0.610. The zero-order chi connectivity index (χ0) is 10.3. The lowest BCUT2D eigenvalue weighted by Gasteiger charge is -2.51. The summed E-state index contributed by atoms with van der Waals surface area (Å²) < 4.78 is 5.36. The van der Waals surface area contributed by atoms with E-state index in [0.29, 0.717) is 5.92 Å². The molecule has 0 aromatic heterocycles. The molecule has 0 spiro atoms. The van der Waals surface area contributed by atoms with Crippen LogP contribution in [0, 0.1) is 5.92 Å². The molecule has 4 heteroatoms. The molecule has 0 aliphatic carbocycles. The van der Waals surface area contributed by atoms with E-state index in [1.807, 2.05) is 25.8 Å². The number of esters is 1. The van der Waals surface area contributed by atoms with Crippen molar-refractivity contribution in [3.8, 4) is 0 Å². The molecule has 0 aromatic rings. The maximum atomic E-state index is 11.8. The van der Waals surface area contributed by atoms with Gasteiger partial charge in [0, 0.05) is 19.0 Å². The molecule has 3 aliphatic heterocycles. The Morgan fingerprint density at radius 2 is 2.21 bits per heavy atom. The van der Waals surface area contributed by atoms with Gasteiger partial charge in [0.25, 0.3) is 0 Å². The molecular formula is C10H18N2O2. The van der Waals surface area contributed by atoms with Crippen molar-refractivity contribution in [3.63, 3.8) is 0 Å². The largest absolute Gasteiger partial charge is 0.459 e. The van der Waals surface area contributed by atoms with Crippen molar-refractivity contribution in [3.05, 3.63) is 0 Å². The average molecular weight is 198 g/mol. The van der Waals surface area contributed by atoms with E-state index < -0.39 is 0 Å². The van der Waals surface area contributed by atoms with Gasteiger partial charge in [0.05, 0.1) is 0 Å². The van der Waals surface area contributed by atoms with Gasteiger partial charge in [0.2, 0.25) is 0 Å². The molecule has 3 atom stereocenters. The highest BCUT2D eigenvalue weighted by Crippen LogP contribution is 2.31. The summed E-state index contributed by atoms with van der Waals surface area (Å²) in [5, 5.41) is 1.99. The van der Waals surface area contributed by atoms with Gasteiger partial charge in [0.1, 0.15) is 11.6 Å². The molecule has 2 bridgehead atoms. The number of nitrogens with one attached hydrogen (secondary N) is 1. The van der Waals surface area contributed by atoms with Gasteiger partial charge in [-0.3, -0.25) is 10.2 Å². The molecule has 4 nitrogen and oxygen atoms in total. The third-order valence-electron chi connectivity index (χ3n) is 2.69. The number of hydrazine groups is 1. The van der Waals surface area contributed by atoms with E-state index in [4.69, 9.17) is 4.74 Å². The van der Waals surface area contributed by atoms with Crippen LogP contribution in [-0.2, 0) is 9.53 Å². The van der Waals surface area contributed by atoms with E-state index in [2.05, 4.69) is 5.43 Å². The number of fused-ring (bicyclic) bond motifs is 2. The van der Waals surface area contributed by atoms with Crippen LogP contribution in [0.5, 0.6) is 0 Å². The molecule has 1 N–H and O–H groups in total. The summed E-state index contributed by atoms with van der Waals surface area (Å²) in [7, 11) is 0. The monoisotopic (exact) mass is 198 g/mol. The molecule has 3 rings (SSSR count). The van der Waals surface area contributed by atoms with Crippen LogP contribution in [0.15, 0.2) is 0 Å². The number of hydrogen-bond acceptors (Lipinski definition) is 4. The van der Waals surface area contributed by atoms with E-state index in [9.17, 15) is 4.79 Å². The first kappa shape index (κ1) is 9.93. The fraction of sp³-hybridized carbons (Fsp3) is 0.900. The van der Waals surface area contributed by atoms with Crippen LogP contribution in [-0.4, -0.2) is 35.7 Å². The first-order valence-electron chi connectivity index (χ1n) is 5.20. The molecule has 0 saturated carbocycles. The summed E-state index contributed by atoms with van der Waals surface area (Å²) in [5.41, 5.74) is 2.82. The number of hydrogen-bond donors (Lipinski definition) is 1. The van der Waals surface area contributed by atoms with Gasteiger partial charge < -0.3 is 4.74 Å². The van der Waals surface area contributed by atoms with Crippen LogP contribution in [0.3, 0.4) is 0 Å². The fourth-order valence-electron chi connectivity index (χ4n) is 2.07. The molecule has 14 heavy (non-hydrogen) atoms. The second kappa shape index (κ2) is 3.21. The second-order valence-corrected chi connectivity index (χ2v) is 5.09. The highest BCUT2D eigenvalue weighted by molar-refractivity contribution is 5.77. The lowest BCUT2D eigenvalue weighted by molar-refractivity contribution is -0.181. The quantitative estimate of drug-likeness (QED) is 0.624. The lowest BCUT2D eigenvalue weighted by Crippen LogP contribution is -2.70. The molecule has 0 amide bonds. The van der Waals surface area contributed by atoms with Crippen molar-refractivity contribution in [2.45, 2.75) is 38.8 Å². The van der Waals surface area contributed by atoms with Crippen molar-refractivity contribution < 1.29 is 9.53 Å². The van der Waals surface area contributed by atoms with Crippen molar-refractivity contribution in [2.75, 3.05) is 13.1 Å². The second-order valence-electron chi connectivity index (χ2n) is 5.09. The summed E-state index contributed by atoms with van der Waals surface area (Å²) in [4.78, 5) is 11.8. The van der Waals surface area contributed by atoms with Crippen LogP contribution in [0.25, 0.3) is 0 Å². The Bertz CT molecular complexity index is 233. The minimum Gasteiger partial charge on any atom is -0.459 e. The van der Waals surface area contributed by atoms with Crippen LogP contribution < -0.4 is 5.43 Å². The van der Waals surface area contributed by atoms with Crippen molar-refractivity contribution in [2.24, 2.45) is 5.92 Å². The summed E-state index contributed by atoms with van der Waals surface area (Å²) in [6, 6.07) is -0.0389. The maximum Gasteiger partial charge on any atom is 0.325 e. The lowest BCUT2D eigenvalue weighted by atomic mass is 9.85. The minimum atomic E-state index is -0.373. The van der Waals surface area contributed by atoms with Crippen LogP contribution in [0.1, 0.15) is 27.2 Å². The van der Waals surface area contributed by atoms with Gasteiger partial charge in [-0.1, -0.05) is 0 Å². The van der Waals surface area contributed by atoms with Gasteiger partial charge in [-0.15, -0.1) is 0 Å². The zero-order valence-corrected chi connectivity index (χ0v) is 9.04. The number of rotatable bonds is 1. The summed E-state index contributed by atoms with van der Waals surface area (Å²) in [6.45, 7) is 7.69. The predicted octanol–water partition coefficient (Wildman–Crippen LogP) is 0.537. The smallest absolute Gasteiger partial charge is 0.325 e. The van der Waals surface area contributed by atoms with Crippen molar-refractivity contribution >= 4 is 5.97 Å². The van der Waals surface area contributed by atoms with Crippen LogP contribution in [0.4, 0.5) is 0 Å². The topological polar surface area (TPSA) is 41.6 Å². The highest BCUT2D eigenvalue weighted by Gasteiger charge is 2.48. The third kappa shape index (κ3) is 1.77. The minimum absolute atomic E-state index is 0.0389. The number of carbonyl (C=O) groups is 1. The van der Waals surface area contributed by atoms with Gasteiger partial charge in [0.15, 0.2) is 0 Å². The van der Waals surface area contributed by atoms with E-state index >= 15 is 0 Å². The van der Waals surface area contributed by atoms with E-state index in [1.54, 1.807) is 0 Å². The zero-order valence-electron chi connectivity index (χ0n) is 9.04. The molecule has 0 aromatic carbocycles. The molecule has 3 unspecified atom stereocenters. The molecule has 3 heterocycles. The summed E-state index contributed by atoms with van der Waals surface area (Å²) >= 11 is 0. The summed E-state index contributed by atoms with van der Waals surface area (Å²) in [6.07, 6.45) is 1.08. The number of nitrogens with zero attached hydrogens (tertiary/aromatic N) is 1. The fourth-order valence-corrected chi connectivity index (χ4v) is 2.07. The highest BCUT2D eigenvalue weighted by atomic mass is 16.6. The van der Waals surface area contributed by atoms with Gasteiger partial charge in [-0.05, 0) is 27.2 Å². The molecule has 3 fully saturated rings. The van der Waals surface area contributed by atoms with Crippen molar-refractivity contribution in [1.82, 2.24) is 10.4 Å². The Labute approximate surface area is 84.6 Å². The SMILES string of the molecule is CC(C)(C)OC(=O)C1C2CCNN1C2. The Kier molecular flexibility index (Phi) is 2.27. The number of carbonyl (C=O) groups excluding carboxylic acids is 1. The van der Waals surface area contributed by atoms with Crippen molar-refractivity contribution in [1.29, 1.82) is 0 Å². The Morgan fingerprint density at radius 3 is 2.64 bits per heavy atom. The van der Waals surface area contributed by atoms with Gasteiger partial charge >= 0.3 is 5.97 Å². The first-order valence-corrected chi connectivity index (χ1v) is 5.20. The molecule has 0 radical (unpaired) electrons. The standard InChI is InChI=1S/C10H18N2O2/c1-10(2,3)14-9(13)8-7-4-5-11-12(8)6-7/h7-8,11H,4-6H2,1-3H3. The predicted molar refractivity (Wildman–Crippen MR) is 52.4 cm³/mol. The van der Waals surface area contributed by atoms with Gasteiger partial charge in [-0.2, -0.15) is 0 Å². The molecule has 3 aliphatic rings. The molecule has 3 saturated heterocycles. The Balaban J connectivity index is 1.93. The number of ether oxygens (including phenoxy) is 1. The summed E-state index contributed by atoms with van der Waals surface area (Å²) in [5.74, 6) is 0.423. The average Bonchev–Trinajstić information content (AvgIpc) is 2.01. The Morgan fingerprint density at radius 1 is 1.50 bits per heavy atom. The maximum absolute atomic E-state index is 11.8. The third-order valence-corrected chi connectivity index (χ3v) is 2.69. The van der Waals surface area contributed by atoms with E-state index in [-0.39, 0.29) is 17.6 Å².